The highest BCUT2D eigenvalue weighted by Crippen LogP contribution is 2.25. The van der Waals surface area contributed by atoms with Crippen LogP contribution in [-0.4, -0.2) is 19.9 Å². The number of aliphatic hydroxyl groups excluding tert-OH is 1. The molecule has 0 fully saturated rings. The van der Waals surface area contributed by atoms with E-state index in [0.717, 1.165) is 23.9 Å². The summed E-state index contributed by atoms with van der Waals surface area (Å²) in [6, 6.07) is 8.76. The van der Waals surface area contributed by atoms with E-state index in [-0.39, 0.29) is 12.0 Å². The van der Waals surface area contributed by atoms with Gasteiger partial charge in [-0.25, -0.2) is 0 Å². The zero-order valence-electron chi connectivity index (χ0n) is 13.8. The van der Waals surface area contributed by atoms with Crippen molar-refractivity contribution in [3.05, 3.63) is 41.2 Å². The Balaban J connectivity index is 2.05. The van der Waals surface area contributed by atoms with Crippen LogP contribution in [0, 0.1) is 0 Å². The van der Waals surface area contributed by atoms with Crippen LogP contribution in [0.15, 0.2) is 29.4 Å². The minimum absolute atomic E-state index is 0.0617. The maximum atomic E-state index is 9.32. The highest BCUT2D eigenvalue weighted by molar-refractivity contribution is 7.98. The predicted molar refractivity (Wildman–Crippen MR) is 90.9 cm³/mol. The number of rotatable bonds is 6. The summed E-state index contributed by atoms with van der Waals surface area (Å²) >= 11 is 1.67. The zero-order chi connectivity index (χ0) is 16.2. The Labute approximate surface area is 137 Å². The number of thioether (sulfide) groups is 1. The Morgan fingerprint density at radius 3 is 2.36 bits per heavy atom. The Kier molecular flexibility index (Phi) is 5.64. The predicted octanol–water partition coefficient (Wildman–Crippen LogP) is 3.77. The van der Waals surface area contributed by atoms with Gasteiger partial charge in [0.1, 0.15) is 6.61 Å². The molecule has 1 aromatic heterocycles. The van der Waals surface area contributed by atoms with Crippen molar-refractivity contribution in [1.82, 2.24) is 14.8 Å². The summed E-state index contributed by atoms with van der Waals surface area (Å²) < 4.78 is 2.01. The molecule has 0 aliphatic carbocycles. The molecule has 0 aliphatic heterocycles. The lowest BCUT2D eigenvalue weighted by Crippen LogP contribution is -2.10. The van der Waals surface area contributed by atoms with Crippen LogP contribution < -0.4 is 0 Å². The summed E-state index contributed by atoms with van der Waals surface area (Å²) in [6.45, 7) is 9.56. The van der Waals surface area contributed by atoms with Gasteiger partial charge in [0.25, 0.3) is 0 Å². The fourth-order valence-corrected chi connectivity index (χ4v) is 3.18. The number of aromatic nitrogens is 3. The monoisotopic (exact) mass is 319 g/mol. The molecule has 4 nitrogen and oxygen atoms in total. The van der Waals surface area contributed by atoms with E-state index in [2.05, 4.69) is 62.2 Å². The van der Waals surface area contributed by atoms with Crippen LogP contribution in [0.4, 0.5) is 0 Å². The van der Waals surface area contributed by atoms with Crippen LogP contribution in [-0.2, 0) is 24.3 Å². The van der Waals surface area contributed by atoms with Crippen LogP contribution in [0.25, 0.3) is 0 Å². The topological polar surface area (TPSA) is 50.9 Å². The third kappa shape index (κ3) is 4.11. The Morgan fingerprint density at radius 1 is 1.14 bits per heavy atom. The standard InChI is InChI=1S/C17H25N3OS/c1-5-10-20-15(11-21)18-19-16(20)22-12-13-6-8-14(9-7-13)17(2,3)4/h6-9,21H,5,10-12H2,1-4H3. The fraction of sp³-hybridized carbons (Fsp3) is 0.529. The first-order valence-electron chi connectivity index (χ1n) is 7.71. The number of aliphatic hydroxyl groups is 1. The molecule has 0 saturated heterocycles. The van der Waals surface area contributed by atoms with Crippen molar-refractivity contribution in [3.8, 4) is 0 Å². The Hall–Kier alpha value is -1.33. The van der Waals surface area contributed by atoms with Gasteiger partial charge in [-0.2, -0.15) is 0 Å². The molecular weight excluding hydrogens is 294 g/mol. The Bertz CT molecular complexity index is 599. The van der Waals surface area contributed by atoms with Gasteiger partial charge in [0.05, 0.1) is 0 Å². The molecule has 1 heterocycles. The third-order valence-electron chi connectivity index (χ3n) is 3.57. The van der Waals surface area contributed by atoms with Crippen LogP contribution in [0.5, 0.6) is 0 Å². The molecule has 0 saturated carbocycles. The molecule has 0 radical (unpaired) electrons. The first-order valence-corrected chi connectivity index (χ1v) is 8.69. The van der Waals surface area contributed by atoms with Gasteiger partial charge in [-0.05, 0) is 23.0 Å². The van der Waals surface area contributed by atoms with Crippen molar-refractivity contribution in [1.29, 1.82) is 0 Å². The molecule has 2 rings (SSSR count). The third-order valence-corrected chi connectivity index (χ3v) is 4.61. The van der Waals surface area contributed by atoms with Gasteiger partial charge >= 0.3 is 0 Å². The molecule has 1 aromatic carbocycles. The minimum Gasteiger partial charge on any atom is -0.388 e. The second-order valence-electron chi connectivity index (χ2n) is 6.44. The maximum Gasteiger partial charge on any atom is 0.191 e. The van der Waals surface area contributed by atoms with E-state index < -0.39 is 0 Å². The van der Waals surface area contributed by atoms with E-state index in [4.69, 9.17) is 0 Å². The molecule has 0 amide bonds. The second-order valence-corrected chi connectivity index (χ2v) is 7.39. The van der Waals surface area contributed by atoms with E-state index in [0.29, 0.717) is 5.82 Å². The maximum absolute atomic E-state index is 9.32. The van der Waals surface area contributed by atoms with Crippen LogP contribution in [0.1, 0.15) is 51.1 Å². The lowest BCUT2D eigenvalue weighted by molar-refractivity contribution is 0.263. The van der Waals surface area contributed by atoms with E-state index in [1.54, 1.807) is 11.8 Å². The largest absolute Gasteiger partial charge is 0.388 e. The van der Waals surface area contributed by atoms with Gasteiger partial charge in [0, 0.05) is 12.3 Å². The molecule has 0 unspecified atom stereocenters. The normalized spacial score (nSPS) is 11.9. The fourth-order valence-electron chi connectivity index (χ4n) is 2.24. The van der Waals surface area contributed by atoms with Gasteiger partial charge in [-0.1, -0.05) is 63.7 Å². The average molecular weight is 319 g/mol. The van der Waals surface area contributed by atoms with Crippen LogP contribution >= 0.6 is 11.8 Å². The number of benzene rings is 1. The van der Waals surface area contributed by atoms with Crippen molar-refractivity contribution < 1.29 is 5.11 Å². The molecule has 0 aliphatic rings. The molecule has 1 N–H and O–H groups in total. The second kappa shape index (κ2) is 7.29. The summed E-state index contributed by atoms with van der Waals surface area (Å²) in [5.74, 6) is 1.50. The molecule has 0 spiro atoms. The zero-order valence-corrected chi connectivity index (χ0v) is 14.7. The van der Waals surface area contributed by atoms with Gasteiger partial charge in [0.2, 0.25) is 0 Å². The van der Waals surface area contributed by atoms with Crippen molar-refractivity contribution >= 4 is 11.8 Å². The molecule has 5 heteroatoms. The summed E-state index contributed by atoms with van der Waals surface area (Å²) in [6.07, 6.45) is 0.999. The SMILES string of the molecule is CCCn1c(CO)nnc1SCc1ccc(C(C)(C)C)cc1. The highest BCUT2D eigenvalue weighted by atomic mass is 32.2. The van der Waals surface area contributed by atoms with Crippen LogP contribution in [0.3, 0.4) is 0 Å². The van der Waals surface area contributed by atoms with E-state index in [1.165, 1.54) is 11.1 Å². The number of hydrogen-bond donors (Lipinski definition) is 1. The minimum atomic E-state index is -0.0617. The molecule has 0 bridgehead atoms. The lowest BCUT2D eigenvalue weighted by atomic mass is 9.87. The van der Waals surface area contributed by atoms with Crippen molar-refractivity contribution in [2.45, 2.75) is 63.6 Å². The van der Waals surface area contributed by atoms with Crippen LogP contribution in [0.2, 0.25) is 0 Å². The van der Waals surface area contributed by atoms with Gasteiger partial charge < -0.3 is 9.67 Å². The lowest BCUT2D eigenvalue weighted by Gasteiger charge is -2.19. The van der Waals surface area contributed by atoms with Crippen molar-refractivity contribution in [2.24, 2.45) is 0 Å². The first kappa shape index (κ1) is 17.0. The molecule has 120 valence electrons. The summed E-state index contributed by atoms with van der Waals surface area (Å²) in [5, 5.41) is 18.4. The molecule has 22 heavy (non-hydrogen) atoms. The average Bonchev–Trinajstić information content (AvgIpc) is 2.87. The molecule has 0 atom stereocenters. The molecular formula is C17H25N3OS. The highest BCUT2D eigenvalue weighted by Gasteiger charge is 2.14. The Morgan fingerprint density at radius 2 is 1.82 bits per heavy atom. The van der Waals surface area contributed by atoms with Gasteiger partial charge in [-0.15, -0.1) is 10.2 Å². The summed E-state index contributed by atoms with van der Waals surface area (Å²) in [7, 11) is 0. The van der Waals surface area contributed by atoms with Gasteiger partial charge in [-0.3, -0.25) is 0 Å². The smallest absolute Gasteiger partial charge is 0.191 e. The summed E-state index contributed by atoms with van der Waals surface area (Å²) in [5.41, 5.74) is 2.80. The molecule has 2 aromatic rings. The van der Waals surface area contributed by atoms with E-state index >= 15 is 0 Å². The quantitative estimate of drug-likeness (QED) is 0.824. The number of hydrogen-bond acceptors (Lipinski definition) is 4. The van der Waals surface area contributed by atoms with Crippen molar-refractivity contribution in [2.75, 3.05) is 0 Å². The van der Waals surface area contributed by atoms with Gasteiger partial charge in [0.15, 0.2) is 11.0 Å². The summed E-state index contributed by atoms with van der Waals surface area (Å²) in [4.78, 5) is 0. The van der Waals surface area contributed by atoms with E-state index in [9.17, 15) is 5.11 Å². The first-order chi connectivity index (χ1) is 10.5. The van der Waals surface area contributed by atoms with Crippen molar-refractivity contribution in [3.63, 3.8) is 0 Å². The van der Waals surface area contributed by atoms with E-state index in [1.807, 2.05) is 4.57 Å². The number of nitrogens with zero attached hydrogens (tertiary/aromatic N) is 3.